The predicted molar refractivity (Wildman–Crippen MR) is 163 cm³/mol. The number of aromatic nitrogens is 7. The van der Waals surface area contributed by atoms with E-state index in [1.807, 2.05) is 32.3 Å². The van der Waals surface area contributed by atoms with Crippen LogP contribution in [0.4, 0.5) is 15.9 Å². The number of nitrogens with two attached hydrogens (primary N) is 1. The molecule has 12 heteroatoms. The van der Waals surface area contributed by atoms with Crippen LogP contribution in [0.1, 0.15) is 0 Å². The third-order valence-electron chi connectivity index (χ3n) is 7.46. The Hall–Kier alpha value is -4.94. The van der Waals surface area contributed by atoms with Crippen molar-refractivity contribution in [2.75, 3.05) is 50.5 Å². The maximum atomic E-state index is 14.7. The zero-order valence-electron chi connectivity index (χ0n) is 23.3. The normalized spacial score (nSPS) is 13.8. The van der Waals surface area contributed by atoms with E-state index in [4.69, 9.17) is 10.7 Å². The molecule has 0 aliphatic carbocycles. The third-order valence-corrected chi connectivity index (χ3v) is 7.46. The number of fused-ring (bicyclic) bond motifs is 2. The molecule has 7 rings (SSSR count). The Morgan fingerprint density at radius 3 is 2.67 bits per heavy atom. The molecule has 6 aromatic rings. The number of likely N-dealkylation sites (N-methyl/N-ethyl adjacent to an activating group) is 1. The largest absolute Gasteiger partial charge is 0.384 e. The van der Waals surface area contributed by atoms with Crippen molar-refractivity contribution in [3.05, 3.63) is 67.1 Å². The van der Waals surface area contributed by atoms with Gasteiger partial charge in [0, 0.05) is 60.4 Å². The first kappa shape index (κ1) is 26.0. The summed E-state index contributed by atoms with van der Waals surface area (Å²) in [6, 6.07) is 9.15. The Balaban J connectivity index is 1.24. The first-order valence-corrected chi connectivity index (χ1v) is 13.7. The zero-order valence-corrected chi connectivity index (χ0v) is 23.3. The molecular weight excluding hydrogens is 533 g/mol. The quantitative estimate of drug-likeness (QED) is 0.217. The number of nitrogens with zero attached hydrogens (tertiary/aromatic N) is 7. The molecule has 6 heterocycles. The van der Waals surface area contributed by atoms with E-state index in [2.05, 4.69) is 45.2 Å². The Labute approximate surface area is 241 Å². The van der Waals surface area contributed by atoms with Gasteiger partial charge in [-0.05, 0) is 50.0 Å². The topological polar surface area (TPSA) is 141 Å². The number of aromatic amines is 2. The zero-order chi connectivity index (χ0) is 28.8. The maximum absolute atomic E-state index is 14.7. The lowest BCUT2D eigenvalue weighted by atomic mass is 10.0. The minimum Gasteiger partial charge on any atom is -0.384 e. The van der Waals surface area contributed by atoms with Gasteiger partial charge in [-0.3, -0.25) is 20.1 Å². The van der Waals surface area contributed by atoms with Gasteiger partial charge in [0.15, 0.2) is 0 Å². The monoisotopic (exact) mass is 563 g/mol. The highest BCUT2D eigenvalue weighted by atomic mass is 19.1. The summed E-state index contributed by atoms with van der Waals surface area (Å²) in [5.74, 6) is 0.475. The summed E-state index contributed by atoms with van der Waals surface area (Å²) < 4.78 is 14.7. The highest BCUT2D eigenvalue weighted by Crippen LogP contribution is 2.35. The van der Waals surface area contributed by atoms with Crippen molar-refractivity contribution in [3.63, 3.8) is 0 Å². The van der Waals surface area contributed by atoms with Crippen LogP contribution in [-0.4, -0.2) is 86.3 Å². The number of halogens is 1. The van der Waals surface area contributed by atoms with Gasteiger partial charge >= 0.3 is 0 Å². The van der Waals surface area contributed by atoms with Crippen LogP contribution in [0.25, 0.3) is 55.7 Å². The minimum absolute atomic E-state index is 0.165. The summed E-state index contributed by atoms with van der Waals surface area (Å²) in [5.41, 5.74) is 12.8. The lowest BCUT2D eigenvalue weighted by Crippen LogP contribution is -2.56. The number of hydrogen-bond acceptors (Lipinski definition) is 9. The van der Waals surface area contributed by atoms with Gasteiger partial charge < -0.3 is 25.8 Å². The molecule has 1 saturated heterocycles. The highest BCUT2D eigenvalue weighted by molar-refractivity contribution is 6.01. The van der Waals surface area contributed by atoms with E-state index in [1.165, 1.54) is 12.1 Å². The number of H-pyrrole nitrogens is 2. The van der Waals surface area contributed by atoms with Gasteiger partial charge in [0.2, 0.25) is 0 Å². The first-order chi connectivity index (χ1) is 20.4. The van der Waals surface area contributed by atoms with Gasteiger partial charge in [-0.25, -0.2) is 9.37 Å². The van der Waals surface area contributed by atoms with E-state index >= 15 is 0 Å². The van der Waals surface area contributed by atoms with Crippen molar-refractivity contribution < 1.29 is 4.39 Å². The van der Waals surface area contributed by atoms with E-state index in [1.54, 1.807) is 31.0 Å². The Bertz CT molecular complexity index is 1900. The molecule has 5 aromatic heterocycles. The van der Waals surface area contributed by atoms with E-state index in [-0.39, 0.29) is 11.9 Å². The fourth-order valence-electron chi connectivity index (χ4n) is 5.27. The molecule has 0 spiro atoms. The van der Waals surface area contributed by atoms with E-state index in [9.17, 15) is 4.39 Å². The summed E-state index contributed by atoms with van der Waals surface area (Å²) in [6.07, 6.45) is 8.74. The lowest BCUT2D eigenvalue weighted by molar-refractivity contribution is 0.425. The van der Waals surface area contributed by atoms with Crippen LogP contribution >= 0.6 is 0 Å². The molecule has 1 aromatic carbocycles. The first-order valence-electron chi connectivity index (χ1n) is 13.7. The molecular formula is C30H30FN11. The van der Waals surface area contributed by atoms with Crippen molar-refractivity contribution >= 4 is 33.3 Å². The molecule has 1 aliphatic heterocycles. The van der Waals surface area contributed by atoms with Crippen molar-refractivity contribution in [1.82, 2.24) is 40.0 Å². The number of anilines is 2. The van der Waals surface area contributed by atoms with E-state index in [0.717, 1.165) is 75.5 Å². The van der Waals surface area contributed by atoms with Crippen LogP contribution in [0.5, 0.6) is 0 Å². The molecule has 0 atom stereocenters. The van der Waals surface area contributed by atoms with Gasteiger partial charge in [-0.2, -0.15) is 5.10 Å². The van der Waals surface area contributed by atoms with Crippen molar-refractivity contribution in [2.45, 2.75) is 6.04 Å². The minimum atomic E-state index is -0.310. The number of pyridine rings is 2. The summed E-state index contributed by atoms with van der Waals surface area (Å²) in [5, 5.41) is 12.8. The number of benzene rings is 1. The second-order valence-corrected chi connectivity index (χ2v) is 10.9. The van der Waals surface area contributed by atoms with Crippen LogP contribution in [0.3, 0.4) is 0 Å². The molecule has 0 saturated carbocycles. The average Bonchev–Trinajstić information content (AvgIpc) is 3.59. The number of hydrogen-bond donors (Lipinski definition) is 4. The molecule has 0 radical (unpaired) electrons. The Morgan fingerprint density at radius 1 is 0.976 bits per heavy atom. The van der Waals surface area contributed by atoms with Crippen LogP contribution in [-0.2, 0) is 0 Å². The van der Waals surface area contributed by atoms with Crippen LogP contribution in [0.15, 0.2) is 61.3 Å². The Morgan fingerprint density at radius 2 is 1.83 bits per heavy atom. The smallest absolute Gasteiger partial charge is 0.147 e. The second kappa shape index (κ2) is 10.5. The van der Waals surface area contributed by atoms with E-state index in [0.29, 0.717) is 17.9 Å². The fraction of sp³-hybridized carbons (Fsp3) is 0.233. The molecule has 1 fully saturated rings. The maximum Gasteiger partial charge on any atom is 0.147 e. The predicted octanol–water partition coefficient (Wildman–Crippen LogP) is 3.89. The third kappa shape index (κ3) is 4.91. The molecule has 5 N–H and O–H groups in total. The van der Waals surface area contributed by atoms with Crippen molar-refractivity contribution in [3.8, 4) is 33.9 Å². The van der Waals surface area contributed by atoms with Gasteiger partial charge in [0.05, 0.1) is 47.2 Å². The lowest BCUT2D eigenvalue weighted by Gasteiger charge is -2.37. The SMILES string of the molecule is CN(C)CCNc1cc(F)cc(-c2cncc3[nH]c(-c4n[nH]c5cnc(-c6cncc(N7CC(N)C7)n6)cc45)cc23)c1. The molecule has 0 unspecified atom stereocenters. The van der Waals surface area contributed by atoms with Crippen molar-refractivity contribution in [1.29, 1.82) is 0 Å². The molecule has 42 heavy (non-hydrogen) atoms. The molecule has 1 aliphatic rings. The Kier molecular flexibility index (Phi) is 6.48. The van der Waals surface area contributed by atoms with E-state index < -0.39 is 0 Å². The van der Waals surface area contributed by atoms with Gasteiger partial charge in [0.25, 0.3) is 0 Å². The van der Waals surface area contributed by atoms with Gasteiger partial charge in [0.1, 0.15) is 23.0 Å². The number of nitrogens with one attached hydrogen (secondary N) is 3. The average molecular weight is 564 g/mol. The number of rotatable bonds is 8. The summed E-state index contributed by atoms with van der Waals surface area (Å²) in [7, 11) is 4.01. The van der Waals surface area contributed by atoms with Gasteiger partial charge in [-0.15, -0.1) is 0 Å². The summed E-state index contributed by atoms with van der Waals surface area (Å²) >= 11 is 0. The van der Waals surface area contributed by atoms with Crippen LogP contribution in [0, 0.1) is 5.82 Å². The highest BCUT2D eigenvalue weighted by Gasteiger charge is 2.25. The van der Waals surface area contributed by atoms with Crippen LogP contribution < -0.4 is 16.0 Å². The standard InChI is InChI=1S/C30H30FN11/c1-41(2)4-3-35-20-6-17(5-18(31)7-20)23-10-33-11-26-21(23)8-25(37-26)30-22-9-24(36-13-27(22)39-40-30)28-12-34-14-29(38-28)42-15-19(32)16-42/h5-14,19,35,37H,3-4,15-16,32H2,1-2H3,(H,39,40). The second-order valence-electron chi connectivity index (χ2n) is 10.9. The fourth-order valence-corrected chi connectivity index (χ4v) is 5.27. The molecule has 11 nitrogen and oxygen atoms in total. The van der Waals surface area contributed by atoms with Gasteiger partial charge in [-0.1, -0.05) is 0 Å². The molecule has 0 bridgehead atoms. The van der Waals surface area contributed by atoms with Crippen molar-refractivity contribution in [2.24, 2.45) is 5.73 Å². The van der Waals surface area contributed by atoms with Crippen LogP contribution in [0.2, 0.25) is 0 Å². The summed E-state index contributed by atoms with van der Waals surface area (Å²) in [4.78, 5) is 25.8. The molecule has 212 valence electrons. The summed E-state index contributed by atoms with van der Waals surface area (Å²) in [6.45, 7) is 3.07. The molecule has 0 amide bonds.